The number of carbonyl (C=O) groups is 1. The Morgan fingerprint density at radius 3 is 2.73 bits per heavy atom. The number of hydrogen-bond acceptors (Lipinski definition) is 3. The van der Waals surface area contributed by atoms with Crippen molar-refractivity contribution in [3.8, 4) is 0 Å². The van der Waals surface area contributed by atoms with E-state index in [4.69, 9.17) is 5.73 Å². The average Bonchev–Trinajstić information content (AvgIpc) is 2.18. The maximum Gasteiger partial charge on any atom is 0.223 e. The van der Waals surface area contributed by atoms with Gasteiger partial charge in [0.05, 0.1) is 0 Å². The molecule has 0 aliphatic heterocycles. The van der Waals surface area contributed by atoms with Crippen LogP contribution in [-0.2, 0) is 4.79 Å². The fourth-order valence-corrected chi connectivity index (χ4v) is 1.47. The topological polar surface area (TPSA) is 58.4 Å². The van der Waals surface area contributed by atoms with Crippen molar-refractivity contribution in [3.63, 3.8) is 0 Å². The van der Waals surface area contributed by atoms with Crippen LogP contribution >= 0.6 is 0 Å². The monoisotopic (exact) mass is 215 g/mol. The van der Waals surface area contributed by atoms with E-state index in [1.165, 1.54) is 0 Å². The Hall–Kier alpha value is -0.610. The Bertz CT molecular complexity index is 173. The molecule has 0 aliphatic rings. The normalized spacial score (nSPS) is 12.5. The van der Waals surface area contributed by atoms with Crippen LogP contribution in [0.1, 0.15) is 32.6 Å². The average molecular weight is 215 g/mol. The van der Waals surface area contributed by atoms with Crippen LogP contribution < -0.4 is 11.1 Å². The van der Waals surface area contributed by atoms with Gasteiger partial charge in [-0.3, -0.25) is 4.79 Å². The molecule has 3 N–H and O–H groups in total. The van der Waals surface area contributed by atoms with Gasteiger partial charge in [0, 0.05) is 26.1 Å². The van der Waals surface area contributed by atoms with Crippen LogP contribution in [0.4, 0.5) is 0 Å². The largest absolute Gasteiger partial charge is 0.346 e. The summed E-state index contributed by atoms with van der Waals surface area (Å²) in [7, 11) is 3.76. The second kappa shape index (κ2) is 8.68. The van der Waals surface area contributed by atoms with E-state index in [1.54, 1.807) is 4.90 Å². The van der Waals surface area contributed by atoms with E-state index in [9.17, 15) is 4.79 Å². The van der Waals surface area contributed by atoms with Crippen molar-refractivity contribution in [3.05, 3.63) is 0 Å². The van der Waals surface area contributed by atoms with E-state index in [1.807, 2.05) is 14.1 Å². The molecule has 90 valence electrons. The zero-order chi connectivity index (χ0) is 11.7. The van der Waals surface area contributed by atoms with Gasteiger partial charge < -0.3 is 16.0 Å². The maximum absolute atomic E-state index is 11.6. The van der Waals surface area contributed by atoms with Gasteiger partial charge in [-0.05, 0) is 26.4 Å². The molecule has 0 rings (SSSR count). The molecule has 1 amide bonds. The number of hydrogen-bond donors (Lipinski definition) is 2. The summed E-state index contributed by atoms with van der Waals surface area (Å²) in [5.41, 5.74) is 5.82. The Labute approximate surface area is 93.2 Å². The van der Waals surface area contributed by atoms with E-state index in [0.29, 0.717) is 6.42 Å². The lowest BCUT2D eigenvalue weighted by atomic mass is 10.1. The Morgan fingerprint density at radius 1 is 1.53 bits per heavy atom. The minimum Gasteiger partial charge on any atom is -0.346 e. The van der Waals surface area contributed by atoms with E-state index in [2.05, 4.69) is 12.2 Å². The van der Waals surface area contributed by atoms with Gasteiger partial charge >= 0.3 is 0 Å². The summed E-state index contributed by atoms with van der Waals surface area (Å²) >= 11 is 0. The second-order valence-electron chi connectivity index (χ2n) is 4.03. The van der Waals surface area contributed by atoms with Gasteiger partial charge in [-0.15, -0.1) is 0 Å². The minimum atomic E-state index is 0.0225. The molecular formula is C11H25N3O. The third kappa shape index (κ3) is 7.33. The zero-order valence-electron chi connectivity index (χ0n) is 10.3. The van der Waals surface area contributed by atoms with E-state index >= 15 is 0 Å². The molecular weight excluding hydrogens is 190 g/mol. The highest BCUT2D eigenvalue weighted by Gasteiger charge is 2.12. The number of rotatable bonds is 8. The van der Waals surface area contributed by atoms with Gasteiger partial charge in [0.15, 0.2) is 0 Å². The molecule has 0 aromatic carbocycles. The van der Waals surface area contributed by atoms with Crippen LogP contribution in [0.5, 0.6) is 0 Å². The van der Waals surface area contributed by atoms with Gasteiger partial charge in [0.25, 0.3) is 0 Å². The van der Waals surface area contributed by atoms with E-state index < -0.39 is 0 Å². The number of amides is 1. The molecule has 0 aromatic heterocycles. The smallest absolute Gasteiger partial charge is 0.223 e. The van der Waals surface area contributed by atoms with Crippen molar-refractivity contribution in [2.75, 3.05) is 27.2 Å². The fourth-order valence-electron chi connectivity index (χ4n) is 1.47. The highest BCUT2D eigenvalue weighted by atomic mass is 16.2. The minimum absolute atomic E-state index is 0.0225. The fraction of sp³-hybridized carbons (Fsp3) is 0.909. The number of nitrogens with one attached hydrogen (secondary N) is 1. The van der Waals surface area contributed by atoms with Crippen LogP contribution in [0.3, 0.4) is 0 Å². The molecule has 0 saturated heterocycles. The third-order valence-corrected chi connectivity index (χ3v) is 2.44. The lowest BCUT2D eigenvalue weighted by molar-refractivity contribution is -0.130. The molecule has 1 unspecified atom stereocenters. The first-order valence-corrected chi connectivity index (χ1v) is 5.76. The quantitative estimate of drug-likeness (QED) is 0.582. The van der Waals surface area contributed by atoms with Gasteiger partial charge in [0.2, 0.25) is 5.91 Å². The molecule has 0 heterocycles. The molecule has 4 nitrogen and oxygen atoms in total. The Morgan fingerprint density at radius 2 is 2.20 bits per heavy atom. The van der Waals surface area contributed by atoms with Crippen molar-refractivity contribution in [1.82, 2.24) is 10.2 Å². The van der Waals surface area contributed by atoms with Crippen molar-refractivity contribution >= 4 is 5.91 Å². The number of carbonyl (C=O) groups excluding carboxylic acids is 1. The standard InChI is InChI=1S/C11H25N3O/c1-4-6-10(12)9-11(15)14(3)8-5-7-13-2/h10,13H,4-9,12H2,1-3H3. The van der Waals surface area contributed by atoms with Crippen molar-refractivity contribution in [1.29, 1.82) is 0 Å². The zero-order valence-corrected chi connectivity index (χ0v) is 10.3. The summed E-state index contributed by atoms with van der Waals surface area (Å²) in [5.74, 6) is 0.159. The summed E-state index contributed by atoms with van der Waals surface area (Å²) in [6.45, 7) is 3.83. The van der Waals surface area contributed by atoms with E-state index in [0.717, 1.165) is 32.4 Å². The van der Waals surface area contributed by atoms with Crippen LogP contribution in [0.25, 0.3) is 0 Å². The molecule has 0 radical (unpaired) electrons. The lowest BCUT2D eigenvalue weighted by Crippen LogP contribution is -2.34. The SMILES string of the molecule is CCCC(N)CC(=O)N(C)CCCNC. The third-order valence-electron chi connectivity index (χ3n) is 2.44. The van der Waals surface area contributed by atoms with Crippen LogP contribution in [0, 0.1) is 0 Å². The lowest BCUT2D eigenvalue weighted by Gasteiger charge is -2.19. The molecule has 0 aromatic rings. The highest BCUT2D eigenvalue weighted by molar-refractivity contribution is 5.76. The summed E-state index contributed by atoms with van der Waals surface area (Å²) in [6.07, 6.45) is 3.43. The predicted octanol–water partition coefficient (Wildman–Crippen LogP) is 0.572. The van der Waals surface area contributed by atoms with Crippen molar-refractivity contribution in [2.24, 2.45) is 5.73 Å². The van der Waals surface area contributed by atoms with Gasteiger partial charge in [0.1, 0.15) is 0 Å². The highest BCUT2D eigenvalue weighted by Crippen LogP contribution is 2.01. The van der Waals surface area contributed by atoms with Crippen LogP contribution in [-0.4, -0.2) is 44.0 Å². The van der Waals surface area contributed by atoms with Crippen molar-refractivity contribution < 1.29 is 4.79 Å². The summed E-state index contributed by atoms with van der Waals surface area (Å²) < 4.78 is 0. The molecule has 0 aliphatic carbocycles. The summed E-state index contributed by atoms with van der Waals surface area (Å²) in [4.78, 5) is 13.4. The van der Waals surface area contributed by atoms with Crippen molar-refractivity contribution in [2.45, 2.75) is 38.6 Å². The molecule has 15 heavy (non-hydrogen) atoms. The first kappa shape index (κ1) is 14.4. The first-order chi connectivity index (χ1) is 7.11. The molecule has 0 saturated carbocycles. The predicted molar refractivity (Wildman–Crippen MR) is 63.7 cm³/mol. The van der Waals surface area contributed by atoms with Gasteiger partial charge in [-0.1, -0.05) is 13.3 Å². The summed E-state index contributed by atoms with van der Waals surface area (Å²) in [6, 6.07) is 0.0225. The van der Waals surface area contributed by atoms with Crippen LogP contribution in [0.2, 0.25) is 0 Å². The Kier molecular flexibility index (Phi) is 8.33. The Balaban J connectivity index is 3.68. The molecule has 4 heteroatoms. The summed E-state index contributed by atoms with van der Waals surface area (Å²) in [5, 5.41) is 3.06. The number of nitrogens with zero attached hydrogens (tertiary/aromatic N) is 1. The molecule has 0 spiro atoms. The maximum atomic E-state index is 11.6. The van der Waals surface area contributed by atoms with Crippen LogP contribution in [0.15, 0.2) is 0 Å². The first-order valence-electron chi connectivity index (χ1n) is 5.76. The molecule has 0 fully saturated rings. The van der Waals surface area contributed by atoms with Gasteiger partial charge in [-0.25, -0.2) is 0 Å². The van der Waals surface area contributed by atoms with E-state index in [-0.39, 0.29) is 11.9 Å². The number of nitrogens with two attached hydrogens (primary N) is 1. The molecule has 1 atom stereocenters. The molecule has 0 bridgehead atoms. The second-order valence-corrected chi connectivity index (χ2v) is 4.03. The van der Waals surface area contributed by atoms with Gasteiger partial charge in [-0.2, -0.15) is 0 Å².